The minimum Gasteiger partial charge on any atom is -0.474 e. The summed E-state index contributed by atoms with van der Waals surface area (Å²) in [4.78, 5) is 4.38. The molecule has 0 fully saturated rings. The highest BCUT2D eigenvalue weighted by Crippen LogP contribution is 2.18. The summed E-state index contributed by atoms with van der Waals surface area (Å²) >= 11 is 0. The third kappa shape index (κ3) is 6.90. The molecule has 3 nitrogen and oxygen atoms in total. The fourth-order valence-electron chi connectivity index (χ4n) is 2.17. The van der Waals surface area contributed by atoms with E-state index in [1.54, 1.807) is 0 Å². The van der Waals surface area contributed by atoms with Crippen molar-refractivity contribution in [2.45, 2.75) is 71.9 Å². The summed E-state index contributed by atoms with van der Waals surface area (Å²) in [6.07, 6.45) is 9.45. The Bertz CT molecular complexity index is 355. The smallest absolute Gasteiger partial charge is 0.218 e. The van der Waals surface area contributed by atoms with Gasteiger partial charge >= 0.3 is 0 Å². The summed E-state index contributed by atoms with van der Waals surface area (Å²) in [7, 11) is 0. The van der Waals surface area contributed by atoms with Crippen LogP contribution in [0.4, 0.5) is 0 Å². The topological polar surface area (TPSA) is 34.1 Å². The fourth-order valence-corrected chi connectivity index (χ4v) is 2.17. The van der Waals surface area contributed by atoms with Gasteiger partial charge in [-0.05, 0) is 38.8 Å². The van der Waals surface area contributed by atoms with E-state index in [-0.39, 0.29) is 6.10 Å². The summed E-state index contributed by atoms with van der Waals surface area (Å²) in [6.45, 7) is 8.42. The zero-order valence-corrected chi connectivity index (χ0v) is 13.3. The number of nitrogens with one attached hydrogen (secondary N) is 1. The molecule has 1 atom stereocenters. The van der Waals surface area contributed by atoms with Crippen molar-refractivity contribution in [1.29, 1.82) is 0 Å². The summed E-state index contributed by atoms with van der Waals surface area (Å²) in [5, 5.41) is 3.40. The lowest BCUT2D eigenvalue weighted by Crippen LogP contribution is -2.18. The van der Waals surface area contributed by atoms with E-state index in [0.717, 1.165) is 37.4 Å². The Balaban J connectivity index is 2.41. The maximum atomic E-state index is 6.01. The molecule has 1 heterocycles. The first-order valence-corrected chi connectivity index (χ1v) is 8.09. The molecule has 1 N–H and O–H groups in total. The highest BCUT2D eigenvalue weighted by molar-refractivity contribution is 5.25. The quantitative estimate of drug-likeness (QED) is 0.612. The number of hydrogen-bond donors (Lipinski definition) is 1. The maximum absolute atomic E-state index is 6.01. The van der Waals surface area contributed by atoms with Crippen LogP contribution in [-0.2, 0) is 6.54 Å². The summed E-state index contributed by atoms with van der Waals surface area (Å²) < 4.78 is 6.01. The fraction of sp³-hybridized carbons (Fsp3) is 0.706. The lowest BCUT2D eigenvalue weighted by Gasteiger charge is -2.16. The minimum absolute atomic E-state index is 0.242. The third-order valence-electron chi connectivity index (χ3n) is 3.37. The van der Waals surface area contributed by atoms with E-state index < -0.39 is 0 Å². The first-order valence-electron chi connectivity index (χ1n) is 8.09. The van der Waals surface area contributed by atoms with Crippen LogP contribution in [0.15, 0.2) is 18.3 Å². The van der Waals surface area contributed by atoms with Crippen molar-refractivity contribution in [3.63, 3.8) is 0 Å². The molecule has 0 saturated carbocycles. The van der Waals surface area contributed by atoms with Crippen LogP contribution in [0.5, 0.6) is 5.88 Å². The van der Waals surface area contributed by atoms with Crippen LogP contribution < -0.4 is 10.1 Å². The highest BCUT2D eigenvalue weighted by Gasteiger charge is 2.09. The monoisotopic (exact) mass is 278 g/mol. The lowest BCUT2D eigenvalue weighted by molar-refractivity contribution is 0.195. The largest absolute Gasteiger partial charge is 0.474 e. The van der Waals surface area contributed by atoms with Gasteiger partial charge < -0.3 is 10.1 Å². The molecule has 0 spiro atoms. The Kier molecular flexibility index (Phi) is 9.05. The van der Waals surface area contributed by atoms with Gasteiger partial charge in [-0.1, -0.05) is 39.2 Å². The molecule has 0 aromatic carbocycles. The van der Waals surface area contributed by atoms with E-state index in [2.05, 4.69) is 37.1 Å². The lowest BCUT2D eigenvalue weighted by atomic mass is 10.1. The van der Waals surface area contributed by atoms with Crippen molar-refractivity contribution in [3.05, 3.63) is 23.9 Å². The van der Waals surface area contributed by atoms with Crippen molar-refractivity contribution < 1.29 is 4.74 Å². The van der Waals surface area contributed by atoms with E-state index >= 15 is 0 Å². The van der Waals surface area contributed by atoms with Crippen molar-refractivity contribution in [2.75, 3.05) is 6.54 Å². The molecule has 0 aliphatic heterocycles. The van der Waals surface area contributed by atoms with Gasteiger partial charge in [0.05, 0.1) is 6.10 Å². The second-order valence-corrected chi connectivity index (χ2v) is 5.42. The molecule has 20 heavy (non-hydrogen) atoms. The summed E-state index contributed by atoms with van der Waals surface area (Å²) in [5.41, 5.74) is 1.15. The molecule has 1 unspecified atom stereocenters. The second kappa shape index (κ2) is 10.7. The normalized spacial score (nSPS) is 12.3. The van der Waals surface area contributed by atoms with Crippen LogP contribution in [0.2, 0.25) is 0 Å². The van der Waals surface area contributed by atoms with Crippen LogP contribution in [0, 0.1) is 0 Å². The molecule has 0 aliphatic rings. The van der Waals surface area contributed by atoms with Gasteiger partial charge in [0.15, 0.2) is 0 Å². The number of aromatic nitrogens is 1. The standard InChI is InChI=1S/C17H30N2O/c1-4-6-7-8-10-15(3)20-17-16(11-9-13-19-17)14-18-12-5-2/h9,11,13,15,18H,4-8,10,12,14H2,1-3H3. The summed E-state index contributed by atoms with van der Waals surface area (Å²) in [5.74, 6) is 0.791. The molecule has 1 aromatic heterocycles. The van der Waals surface area contributed by atoms with Crippen molar-refractivity contribution >= 4 is 0 Å². The average molecular weight is 278 g/mol. The van der Waals surface area contributed by atoms with Gasteiger partial charge in [-0.15, -0.1) is 0 Å². The van der Waals surface area contributed by atoms with Crippen LogP contribution in [0.1, 0.15) is 64.9 Å². The third-order valence-corrected chi connectivity index (χ3v) is 3.37. The minimum atomic E-state index is 0.242. The van der Waals surface area contributed by atoms with E-state index in [4.69, 9.17) is 4.74 Å². The molecular weight excluding hydrogens is 248 g/mol. The first kappa shape index (κ1) is 17.0. The van der Waals surface area contributed by atoms with Gasteiger partial charge in [0, 0.05) is 18.3 Å². The first-order chi connectivity index (χ1) is 9.77. The molecule has 1 rings (SSSR count). The second-order valence-electron chi connectivity index (χ2n) is 5.42. The number of pyridine rings is 1. The predicted octanol–water partition coefficient (Wildman–Crippen LogP) is 4.32. The van der Waals surface area contributed by atoms with Crippen LogP contribution in [0.25, 0.3) is 0 Å². The van der Waals surface area contributed by atoms with E-state index in [1.807, 2.05) is 12.3 Å². The zero-order chi connectivity index (χ0) is 14.6. The number of unbranched alkanes of at least 4 members (excludes halogenated alkanes) is 3. The zero-order valence-electron chi connectivity index (χ0n) is 13.3. The van der Waals surface area contributed by atoms with Gasteiger partial charge in [-0.25, -0.2) is 4.98 Å². The molecule has 0 aliphatic carbocycles. The maximum Gasteiger partial charge on any atom is 0.218 e. The van der Waals surface area contributed by atoms with Gasteiger partial charge in [0.25, 0.3) is 0 Å². The van der Waals surface area contributed by atoms with Crippen LogP contribution in [-0.4, -0.2) is 17.6 Å². The van der Waals surface area contributed by atoms with Crippen molar-refractivity contribution in [1.82, 2.24) is 10.3 Å². The number of hydrogen-bond acceptors (Lipinski definition) is 3. The molecule has 0 radical (unpaired) electrons. The Morgan fingerprint density at radius 2 is 2.05 bits per heavy atom. The van der Waals surface area contributed by atoms with Gasteiger partial charge in [0.1, 0.15) is 0 Å². The van der Waals surface area contributed by atoms with E-state index in [1.165, 1.54) is 25.7 Å². The van der Waals surface area contributed by atoms with Crippen molar-refractivity contribution in [3.8, 4) is 5.88 Å². The molecule has 0 saturated heterocycles. The average Bonchev–Trinajstić information content (AvgIpc) is 2.46. The Hall–Kier alpha value is -1.09. The van der Waals surface area contributed by atoms with Crippen molar-refractivity contribution in [2.24, 2.45) is 0 Å². The molecule has 0 bridgehead atoms. The number of ether oxygens (including phenoxy) is 1. The Morgan fingerprint density at radius 1 is 1.20 bits per heavy atom. The van der Waals surface area contributed by atoms with E-state index in [9.17, 15) is 0 Å². The Morgan fingerprint density at radius 3 is 2.80 bits per heavy atom. The van der Waals surface area contributed by atoms with Crippen LogP contribution >= 0.6 is 0 Å². The Labute approximate surface area is 124 Å². The predicted molar refractivity (Wildman–Crippen MR) is 85.1 cm³/mol. The van der Waals surface area contributed by atoms with Gasteiger partial charge in [0.2, 0.25) is 5.88 Å². The molecule has 0 amide bonds. The number of nitrogens with zero attached hydrogens (tertiary/aromatic N) is 1. The van der Waals surface area contributed by atoms with Gasteiger partial charge in [-0.2, -0.15) is 0 Å². The summed E-state index contributed by atoms with van der Waals surface area (Å²) in [6, 6.07) is 4.07. The number of rotatable bonds is 11. The van der Waals surface area contributed by atoms with Crippen LogP contribution in [0.3, 0.4) is 0 Å². The van der Waals surface area contributed by atoms with E-state index in [0.29, 0.717) is 0 Å². The molecule has 3 heteroatoms. The molecular formula is C17H30N2O. The highest BCUT2D eigenvalue weighted by atomic mass is 16.5. The SMILES string of the molecule is CCCCCCC(C)Oc1ncccc1CNCCC. The molecule has 1 aromatic rings. The van der Waals surface area contributed by atoms with Gasteiger partial charge in [-0.3, -0.25) is 0 Å². The molecule has 114 valence electrons.